The van der Waals surface area contributed by atoms with Gasteiger partial charge in [0.1, 0.15) is 0 Å². The number of aliphatic imine (C=N–C) groups is 1. The van der Waals surface area contributed by atoms with Crippen LogP contribution in [0.1, 0.15) is 22.5 Å². The highest BCUT2D eigenvalue weighted by molar-refractivity contribution is 6.35. The summed E-state index contributed by atoms with van der Waals surface area (Å²) in [5, 5.41) is 4.98. The first-order chi connectivity index (χ1) is 11.6. The van der Waals surface area contributed by atoms with Crippen LogP contribution < -0.4 is 0 Å². The smallest absolute Gasteiger partial charge is 0.254 e. The summed E-state index contributed by atoms with van der Waals surface area (Å²) >= 11 is 6.28. The third-order valence-corrected chi connectivity index (χ3v) is 4.41. The second kappa shape index (κ2) is 5.73. The Morgan fingerprint density at radius 2 is 1.75 bits per heavy atom. The first-order valence-corrected chi connectivity index (χ1v) is 8.03. The fraction of sp³-hybridized carbons (Fsp3) is 0.105. The highest BCUT2D eigenvalue weighted by Gasteiger charge is 2.27. The Morgan fingerprint density at radius 3 is 2.50 bits per heavy atom. The second-order valence-corrected chi connectivity index (χ2v) is 6.08. The van der Waals surface area contributed by atoms with Gasteiger partial charge in [-0.3, -0.25) is 4.79 Å². The topological polar surface area (TPSA) is 47.2 Å². The van der Waals surface area contributed by atoms with Crippen LogP contribution in [0.15, 0.2) is 59.6 Å². The largest absolute Gasteiger partial charge is 0.272 e. The van der Waals surface area contributed by atoms with Gasteiger partial charge in [0.2, 0.25) is 0 Å². The van der Waals surface area contributed by atoms with Crippen molar-refractivity contribution in [2.45, 2.75) is 13.3 Å². The molecule has 0 spiro atoms. The Morgan fingerprint density at radius 1 is 1.04 bits per heavy atom. The lowest BCUT2D eigenvalue weighted by Crippen LogP contribution is -2.21. The molecule has 0 unspecified atom stereocenters. The zero-order valence-corrected chi connectivity index (χ0v) is 13.8. The molecule has 0 bridgehead atoms. The summed E-state index contributed by atoms with van der Waals surface area (Å²) in [4.78, 5) is 17.3. The number of carbonyl (C=O) groups is 1. The van der Waals surface area contributed by atoms with E-state index in [0.29, 0.717) is 16.6 Å². The minimum Gasteiger partial charge on any atom is -0.272 e. The molecule has 3 aromatic rings. The number of rotatable bonds is 2. The maximum absolute atomic E-state index is 12.6. The van der Waals surface area contributed by atoms with Crippen LogP contribution in [0.5, 0.6) is 0 Å². The Bertz CT molecular complexity index is 974. The summed E-state index contributed by atoms with van der Waals surface area (Å²) in [6, 6.07) is 17.3. The molecule has 5 heteroatoms. The van der Waals surface area contributed by atoms with Gasteiger partial charge in [0, 0.05) is 16.1 Å². The molecule has 0 saturated carbocycles. The van der Waals surface area contributed by atoms with Crippen molar-refractivity contribution in [3.8, 4) is 11.1 Å². The summed E-state index contributed by atoms with van der Waals surface area (Å²) in [6.45, 7) is 1.89. The van der Waals surface area contributed by atoms with E-state index >= 15 is 0 Å². The van der Waals surface area contributed by atoms with Crippen molar-refractivity contribution in [1.82, 2.24) is 9.78 Å². The van der Waals surface area contributed by atoms with Gasteiger partial charge in [0.15, 0.2) is 5.82 Å². The van der Waals surface area contributed by atoms with Gasteiger partial charge in [-0.25, -0.2) is 4.99 Å². The van der Waals surface area contributed by atoms with Crippen LogP contribution in [0.4, 0.5) is 5.82 Å². The lowest BCUT2D eigenvalue weighted by atomic mass is 10.0. The average molecular weight is 336 g/mol. The maximum Gasteiger partial charge on any atom is 0.254 e. The molecule has 118 valence electrons. The number of nitrogens with zero attached hydrogens (tertiary/aromatic N) is 3. The molecule has 0 radical (unpaired) electrons. The van der Waals surface area contributed by atoms with Crippen LogP contribution in [0.25, 0.3) is 11.1 Å². The summed E-state index contributed by atoms with van der Waals surface area (Å²) in [6.07, 6.45) is 0.187. The molecule has 0 aliphatic carbocycles. The predicted octanol–water partition coefficient (Wildman–Crippen LogP) is 4.68. The van der Waals surface area contributed by atoms with E-state index in [2.05, 4.69) is 5.10 Å². The normalized spacial score (nSPS) is 13.6. The Kier molecular flexibility index (Phi) is 3.54. The predicted molar refractivity (Wildman–Crippen MR) is 95.3 cm³/mol. The fourth-order valence-electron chi connectivity index (χ4n) is 2.97. The zero-order valence-electron chi connectivity index (χ0n) is 13.0. The minimum absolute atomic E-state index is 0.0970. The second-order valence-electron chi connectivity index (χ2n) is 5.67. The lowest BCUT2D eigenvalue weighted by molar-refractivity contribution is 0.0906. The van der Waals surface area contributed by atoms with Crippen molar-refractivity contribution in [3.63, 3.8) is 0 Å². The number of aromatic nitrogens is 2. The molecule has 0 fully saturated rings. The number of fused-ring (bicyclic) bond motifs is 1. The van der Waals surface area contributed by atoms with Gasteiger partial charge in [0.25, 0.3) is 5.91 Å². The van der Waals surface area contributed by atoms with Gasteiger partial charge < -0.3 is 0 Å². The molecule has 4 nitrogen and oxygen atoms in total. The van der Waals surface area contributed by atoms with Crippen LogP contribution in [-0.4, -0.2) is 21.4 Å². The molecular formula is C19H14ClN3O. The van der Waals surface area contributed by atoms with Crippen LogP contribution in [-0.2, 0) is 0 Å². The molecule has 0 atom stereocenters. The van der Waals surface area contributed by atoms with Crippen LogP contribution in [0.3, 0.4) is 0 Å². The quantitative estimate of drug-likeness (QED) is 0.682. The maximum atomic E-state index is 12.6. The van der Waals surface area contributed by atoms with Crippen LogP contribution >= 0.6 is 11.6 Å². The number of hydrogen-bond donors (Lipinski definition) is 0. The Balaban J connectivity index is 1.93. The number of aryl methyl sites for hydroxylation is 1. The van der Waals surface area contributed by atoms with Crippen LogP contribution in [0.2, 0.25) is 5.02 Å². The molecule has 2 heterocycles. The molecule has 1 aromatic heterocycles. The third kappa shape index (κ3) is 2.36. The summed E-state index contributed by atoms with van der Waals surface area (Å²) in [5.41, 5.74) is 4.13. The Labute approximate surface area is 144 Å². The van der Waals surface area contributed by atoms with Gasteiger partial charge in [0.05, 0.1) is 17.8 Å². The summed E-state index contributed by atoms with van der Waals surface area (Å²) in [7, 11) is 0. The molecule has 1 aliphatic heterocycles. The SMILES string of the molecule is Cc1nn2c(c1-c1ccccc1)N=C(c1ccccc1Cl)CC2=O. The van der Waals surface area contributed by atoms with Gasteiger partial charge in [-0.05, 0) is 18.6 Å². The van der Waals surface area contributed by atoms with Gasteiger partial charge in [-0.15, -0.1) is 0 Å². The average Bonchev–Trinajstić information content (AvgIpc) is 2.93. The van der Waals surface area contributed by atoms with E-state index in [-0.39, 0.29) is 12.3 Å². The van der Waals surface area contributed by atoms with E-state index in [1.165, 1.54) is 4.68 Å². The number of benzene rings is 2. The molecule has 24 heavy (non-hydrogen) atoms. The monoisotopic (exact) mass is 335 g/mol. The number of hydrogen-bond acceptors (Lipinski definition) is 3. The minimum atomic E-state index is -0.0970. The van der Waals surface area contributed by atoms with E-state index in [9.17, 15) is 4.79 Å². The van der Waals surface area contributed by atoms with E-state index < -0.39 is 0 Å². The van der Waals surface area contributed by atoms with E-state index in [0.717, 1.165) is 22.4 Å². The van der Waals surface area contributed by atoms with E-state index in [1.807, 2.05) is 55.5 Å². The molecule has 0 saturated heterocycles. The first kappa shape index (κ1) is 14.8. The van der Waals surface area contributed by atoms with Crippen molar-refractivity contribution in [2.75, 3.05) is 0 Å². The van der Waals surface area contributed by atoms with Crippen molar-refractivity contribution in [2.24, 2.45) is 4.99 Å². The number of halogens is 1. The van der Waals surface area contributed by atoms with Crippen molar-refractivity contribution >= 4 is 29.0 Å². The molecular weight excluding hydrogens is 322 g/mol. The highest BCUT2D eigenvalue weighted by atomic mass is 35.5. The van der Waals surface area contributed by atoms with Crippen molar-refractivity contribution < 1.29 is 4.79 Å². The highest BCUT2D eigenvalue weighted by Crippen LogP contribution is 2.36. The van der Waals surface area contributed by atoms with Crippen molar-refractivity contribution in [3.05, 3.63) is 70.9 Å². The first-order valence-electron chi connectivity index (χ1n) is 7.66. The summed E-state index contributed by atoms with van der Waals surface area (Å²) in [5.74, 6) is 0.477. The summed E-state index contributed by atoms with van der Waals surface area (Å²) < 4.78 is 1.40. The standard InChI is InChI=1S/C19H14ClN3O/c1-12-18(13-7-3-2-4-8-13)19-21-16(11-17(24)23(19)22-12)14-9-5-6-10-15(14)20/h2-10H,11H2,1H3. The number of carbonyl (C=O) groups excluding carboxylic acids is 1. The molecule has 0 N–H and O–H groups in total. The molecule has 1 aliphatic rings. The zero-order chi connectivity index (χ0) is 16.7. The lowest BCUT2D eigenvalue weighted by Gasteiger charge is -2.15. The van der Waals surface area contributed by atoms with Crippen LogP contribution in [0, 0.1) is 6.92 Å². The van der Waals surface area contributed by atoms with E-state index in [4.69, 9.17) is 16.6 Å². The van der Waals surface area contributed by atoms with Gasteiger partial charge >= 0.3 is 0 Å². The molecule has 0 amide bonds. The fourth-order valence-corrected chi connectivity index (χ4v) is 3.22. The molecule has 4 rings (SSSR count). The molecule has 2 aromatic carbocycles. The third-order valence-electron chi connectivity index (χ3n) is 4.08. The van der Waals surface area contributed by atoms with E-state index in [1.54, 1.807) is 6.07 Å². The Hall–Kier alpha value is -2.72. The van der Waals surface area contributed by atoms with Crippen molar-refractivity contribution in [1.29, 1.82) is 0 Å². The van der Waals surface area contributed by atoms with Gasteiger partial charge in [-0.1, -0.05) is 60.1 Å². The van der Waals surface area contributed by atoms with Gasteiger partial charge in [-0.2, -0.15) is 9.78 Å².